The molecule has 2 atom stereocenters. The van der Waals surface area contributed by atoms with Crippen LogP contribution in [0.1, 0.15) is 39.0 Å². The van der Waals surface area contributed by atoms with Crippen LogP contribution >= 0.6 is 0 Å². The highest BCUT2D eigenvalue weighted by Crippen LogP contribution is 2.30. The summed E-state index contributed by atoms with van der Waals surface area (Å²) in [5.41, 5.74) is 2.37. The number of aromatic nitrogens is 1. The molecule has 7 heteroatoms. The second kappa shape index (κ2) is 7.20. The van der Waals surface area contributed by atoms with E-state index in [1.807, 2.05) is 0 Å². The number of nitrogens with two attached hydrogens (primary N) is 1. The second-order valence-electron chi connectivity index (χ2n) is 5.85. The molecule has 1 fully saturated rings. The van der Waals surface area contributed by atoms with Crippen LogP contribution in [0.4, 0.5) is 5.82 Å². The minimum absolute atomic E-state index is 0.165. The fraction of sp³-hybridized carbons (Fsp3) is 0.643. The molecule has 1 heterocycles. The third-order valence-electron chi connectivity index (χ3n) is 4.08. The standard InChI is InChI=1S/C14H24N4O2S/c1-11-3-2-4-12(9-11)7-8-17-21(19,20)13-5-6-14(18-15)16-10-13/h5-6,10-12,17H,2-4,7-9,15H2,1H3,(H,16,18). The molecule has 0 aliphatic heterocycles. The largest absolute Gasteiger partial charge is 0.308 e. The number of nitrogens with one attached hydrogen (secondary N) is 2. The van der Waals surface area contributed by atoms with E-state index in [0.29, 0.717) is 18.3 Å². The number of nitrogens with zero attached hydrogens (tertiary/aromatic N) is 1. The van der Waals surface area contributed by atoms with Crippen molar-refractivity contribution in [3.05, 3.63) is 18.3 Å². The van der Waals surface area contributed by atoms with E-state index in [4.69, 9.17) is 5.84 Å². The van der Waals surface area contributed by atoms with Crippen LogP contribution in [0, 0.1) is 11.8 Å². The van der Waals surface area contributed by atoms with E-state index in [-0.39, 0.29) is 4.90 Å². The zero-order valence-corrected chi connectivity index (χ0v) is 13.2. The highest BCUT2D eigenvalue weighted by Gasteiger charge is 2.20. The molecule has 21 heavy (non-hydrogen) atoms. The predicted molar refractivity (Wildman–Crippen MR) is 83.0 cm³/mol. The Hall–Kier alpha value is -1.18. The summed E-state index contributed by atoms with van der Waals surface area (Å²) in [6.07, 6.45) is 7.19. The van der Waals surface area contributed by atoms with E-state index >= 15 is 0 Å². The van der Waals surface area contributed by atoms with Crippen LogP contribution in [-0.4, -0.2) is 19.9 Å². The molecule has 1 aliphatic rings. The van der Waals surface area contributed by atoms with Crippen molar-refractivity contribution in [3.63, 3.8) is 0 Å². The van der Waals surface area contributed by atoms with Crippen molar-refractivity contribution in [1.29, 1.82) is 0 Å². The van der Waals surface area contributed by atoms with E-state index in [1.165, 1.54) is 44.0 Å². The molecule has 1 aromatic heterocycles. The molecule has 1 aromatic rings. The highest BCUT2D eigenvalue weighted by molar-refractivity contribution is 7.89. The van der Waals surface area contributed by atoms with Gasteiger partial charge in [-0.25, -0.2) is 24.0 Å². The lowest BCUT2D eigenvalue weighted by Crippen LogP contribution is -2.27. The molecule has 0 saturated heterocycles. The monoisotopic (exact) mass is 312 g/mol. The van der Waals surface area contributed by atoms with Gasteiger partial charge in [-0.15, -0.1) is 0 Å². The van der Waals surface area contributed by atoms with E-state index < -0.39 is 10.0 Å². The van der Waals surface area contributed by atoms with Gasteiger partial charge in [0.1, 0.15) is 10.7 Å². The van der Waals surface area contributed by atoms with Crippen molar-refractivity contribution >= 4 is 15.8 Å². The Balaban J connectivity index is 1.85. The highest BCUT2D eigenvalue weighted by atomic mass is 32.2. The van der Waals surface area contributed by atoms with Crippen LogP contribution in [0.3, 0.4) is 0 Å². The van der Waals surface area contributed by atoms with Gasteiger partial charge in [-0.05, 0) is 36.8 Å². The normalized spacial score (nSPS) is 23.0. The minimum Gasteiger partial charge on any atom is -0.308 e. The summed E-state index contributed by atoms with van der Waals surface area (Å²) < 4.78 is 26.9. The van der Waals surface area contributed by atoms with Crippen LogP contribution in [0.15, 0.2) is 23.2 Å². The zero-order valence-electron chi connectivity index (χ0n) is 12.4. The molecule has 0 radical (unpaired) electrons. The first-order valence-corrected chi connectivity index (χ1v) is 8.92. The van der Waals surface area contributed by atoms with Crippen molar-refractivity contribution in [2.24, 2.45) is 17.7 Å². The summed E-state index contributed by atoms with van der Waals surface area (Å²) in [5.74, 6) is 7.04. The van der Waals surface area contributed by atoms with Crippen LogP contribution in [-0.2, 0) is 10.0 Å². The lowest BCUT2D eigenvalue weighted by Gasteiger charge is -2.26. The Morgan fingerprint density at radius 2 is 2.19 bits per heavy atom. The Labute approximate surface area is 126 Å². The number of rotatable bonds is 6. The summed E-state index contributed by atoms with van der Waals surface area (Å²) in [6.45, 7) is 2.76. The topological polar surface area (TPSA) is 97.1 Å². The number of hydrogen-bond donors (Lipinski definition) is 3. The van der Waals surface area contributed by atoms with E-state index in [9.17, 15) is 8.42 Å². The van der Waals surface area contributed by atoms with E-state index in [0.717, 1.165) is 12.3 Å². The maximum Gasteiger partial charge on any atom is 0.242 e. The third-order valence-corrected chi connectivity index (χ3v) is 5.53. The number of hydrogen-bond acceptors (Lipinski definition) is 5. The summed E-state index contributed by atoms with van der Waals surface area (Å²) in [4.78, 5) is 4.08. The summed E-state index contributed by atoms with van der Waals surface area (Å²) in [6, 6.07) is 3.03. The third kappa shape index (κ3) is 4.66. The van der Waals surface area contributed by atoms with Gasteiger partial charge in [0.2, 0.25) is 10.0 Å². The van der Waals surface area contributed by atoms with Crippen LogP contribution < -0.4 is 16.0 Å². The van der Waals surface area contributed by atoms with Gasteiger partial charge >= 0.3 is 0 Å². The average Bonchev–Trinajstić information content (AvgIpc) is 2.47. The van der Waals surface area contributed by atoms with Gasteiger partial charge in [0.15, 0.2) is 0 Å². The zero-order chi connectivity index (χ0) is 15.3. The molecular formula is C14H24N4O2S. The quantitative estimate of drug-likeness (QED) is 0.550. The summed E-state index contributed by atoms with van der Waals surface area (Å²) in [5, 5.41) is 0. The van der Waals surface area contributed by atoms with Gasteiger partial charge in [-0.2, -0.15) is 0 Å². The molecule has 1 aliphatic carbocycles. The molecule has 118 valence electrons. The summed E-state index contributed by atoms with van der Waals surface area (Å²) in [7, 11) is -3.48. The molecule has 2 rings (SSSR count). The van der Waals surface area contributed by atoms with Crippen molar-refractivity contribution in [1.82, 2.24) is 9.71 Å². The number of pyridine rings is 1. The fourth-order valence-corrected chi connectivity index (χ4v) is 3.92. The molecule has 6 nitrogen and oxygen atoms in total. The van der Waals surface area contributed by atoms with Gasteiger partial charge in [0.05, 0.1) is 0 Å². The molecule has 0 bridgehead atoms. The smallest absolute Gasteiger partial charge is 0.242 e. The molecule has 1 saturated carbocycles. The molecule has 0 aromatic carbocycles. The van der Waals surface area contributed by atoms with Gasteiger partial charge in [-0.3, -0.25) is 0 Å². The molecule has 2 unspecified atom stereocenters. The molecule has 0 spiro atoms. The van der Waals surface area contributed by atoms with E-state index in [2.05, 4.69) is 22.1 Å². The van der Waals surface area contributed by atoms with Crippen LogP contribution in [0.2, 0.25) is 0 Å². The number of hydrazine groups is 1. The van der Waals surface area contributed by atoms with Gasteiger partial charge in [0, 0.05) is 12.7 Å². The molecular weight excluding hydrogens is 288 g/mol. The first kappa shape index (κ1) is 16.2. The average molecular weight is 312 g/mol. The van der Waals surface area contributed by atoms with Gasteiger partial charge in [0.25, 0.3) is 0 Å². The van der Waals surface area contributed by atoms with Crippen molar-refractivity contribution in [3.8, 4) is 0 Å². The molecule has 4 N–H and O–H groups in total. The Kier molecular flexibility index (Phi) is 5.55. The number of sulfonamides is 1. The van der Waals surface area contributed by atoms with Crippen molar-refractivity contribution in [2.45, 2.75) is 43.9 Å². The first-order valence-electron chi connectivity index (χ1n) is 7.43. The van der Waals surface area contributed by atoms with Crippen molar-refractivity contribution < 1.29 is 8.42 Å². The summed E-state index contributed by atoms with van der Waals surface area (Å²) >= 11 is 0. The van der Waals surface area contributed by atoms with Crippen molar-refractivity contribution in [2.75, 3.05) is 12.0 Å². The SMILES string of the molecule is CC1CCCC(CCNS(=O)(=O)c2ccc(NN)nc2)C1. The lowest BCUT2D eigenvalue weighted by molar-refractivity contribution is 0.271. The number of anilines is 1. The Bertz CT molecular complexity index is 545. The Morgan fingerprint density at radius 3 is 2.81 bits per heavy atom. The second-order valence-corrected chi connectivity index (χ2v) is 7.61. The predicted octanol–water partition coefficient (Wildman–Crippen LogP) is 1.86. The first-order chi connectivity index (χ1) is 10.0. The van der Waals surface area contributed by atoms with Crippen LogP contribution in [0.5, 0.6) is 0 Å². The minimum atomic E-state index is -3.48. The Morgan fingerprint density at radius 1 is 1.38 bits per heavy atom. The number of nitrogen functional groups attached to an aromatic ring is 1. The lowest BCUT2D eigenvalue weighted by atomic mass is 9.81. The fourth-order valence-electron chi connectivity index (χ4n) is 2.93. The molecule has 0 amide bonds. The van der Waals surface area contributed by atoms with E-state index in [1.54, 1.807) is 0 Å². The van der Waals surface area contributed by atoms with Crippen LogP contribution in [0.25, 0.3) is 0 Å². The van der Waals surface area contributed by atoms with Gasteiger partial charge in [-0.1, -0.05) is 26.2 Å². The van der Waals surface area contributed by atoms with Gasteiger partial charge < -0.3 is 5.43 Å². The maximum atomic E-state index is 12.1. The maximum absolute atomic E-state index is 12.1.